The first-order chi connectivity index (χ1) is 6.81. The van der Waals surface area contributed by atoms with Crippen LogP contribution in [0.1, 0.15) is 5.56 Å². The summed E-state index contributed by atoms with van der Waals surface area (Å²) in [6.45, 7) is 2.63. The Morgan fingerprint density at radius 3 is 3.21 bits per heavy atom. The lowest BCUT2D eigenvalue weighted by molar-refractivity contribution is 0.311. The molecule has 1 aliphatic rings. The third kappa shape index (κ3) is 1.95. The summed E-state index contributed by atoms with van der Waals surface area (Å²) in [4.78, 5) is 2.22. The Bertz CT molecular complexity index is 330. The lowest BCUT2D eigenvalue weighted by Crippen LogP contribution is -2.28. The maximum Gasteiger partial charge on any atom is 0.143 e. The predicted octanol–water partition coefficient (Wildman–Crippen LogP) is 1.95. The molecular weight excluding hydrogens is 291 g/mol. The molecule has 0 radical (unpaired) electrons. The minimum absolute atomic E-state index is 0.782. The molecule has 1 aliphatic heterocycles. The van der Waals surface area contributed by atoms with E-state index in [0.717, 1.165) is 25.4 Å². The van der Waals surface area contributed by atoms with Gasteiger partial charge < -0.3 is 9.64 Å². The predicted molar refractivity (Wildman–Crippen MR) is 66.1 cm³/mol. The van der Waals surface area contributed by atoms with Crippen LogP contribution in [0.3, 0.4) is 0 Å². The number of benzene rings is 1. The van der Waals surface area contributed by atoms with Gasteiger partial charge in [-0.3, -0.25) is 3.53 Å². The van der Waals surface area contributed by atoms with Crippen LogP contribution in [-0.2, 0) is 6.54 Å². The summed E-state index contributed by atoms with van der Waals surface area (Å²) in [6, 6.07) is 6.37. The molecule has 4 heteroatoms. The summed E-state index contributed by atoms with van der Waals surface area (Å²) < 4.78 is 8.71. The molecule has 1 heterocycles. The Hall–Kier alpha value is -0.490. The number of halogens is 1. The number of hydrogen-bond donors (Lipinski definition) is 1. The van der Waals surface area contributed by atoms with Crippen molar-refractivity contribution < 1.29 is 4.74 Å². The van der Waals surface area contributed by atoms with Crippen LogP contribution in [0.25, 0.3) is 0 Å². The molecule has 0 aromatic heterocycles. The van der Waals surface area contributed by atoms with Crippen LogP contribution in [0, 0.1) is 0 Å². The molecule has 0 amide bonds. The topological polar surface area (TPSA) is 24.5 Å². The van der Waals surface area contributed by atoms with Crippen molar-refractivity contribution in [2.75, 3.05) is 25.1 Å². The molecular formula is C10H13IN2O. The molecule has 0 aliphatic carbocycles. The Labute approximate surface area is 97.9 Å². The van der Waals surface area contributed by atoms with Crippen LogP contribution < -0.4 is 13.2 Å². The lowest BCUT2D eigenvalue weighted by atomic mass is 10.1. The minimum Gasteiger partial charge on any atom is -0.490 e. The largest absolute Gasteiger partial charge is 0.490 e. The number of nitrogens with zero attached hydrogens (tertiary/aromatic N) is 1. The molecule has 0 saturated heterocycles. The molecule has 1 aromatic rings. The number of hydrogen-bond acceptors (Lipinski definition) is 3. The quantitative estimate of drug-likeness (QED) is 0.668. The maximum atomic E-state index is 5.61. The van der Waals surface area contributed by atoms with Gasteiger partial charge in [0.2, 0.25) is 0 Å². The molecule has 3 nitrogen and oxygen atoms in total. The summed E-state index contributed by atoms with van der Waals surface area (Å²) >= 11 is 2.15. The number of likely N-dealkylation sites (N-methyl/N-ethyl adjacent to an activating group) is 1. The molecule has 2 rings (SSSR count). The molecule has 0 fully saturated rings. The van der Waals surface area contributed by atoms with Crippen molar-refractivity contribution in [2.24, 2.45) is 0 Å². The fourth-order valence-electron chi connectivity index (χ4n) is 1.59. The van der Waals surface area contributed by atoms with Crippen molar-refractivity contribution in [3.05, 3.63) is 23.8 Å². The monoisotopic (exact) mass is 304 g/mol. The third-order valence-electron chi connectivity index (χ3n) is 2.39. The lowest BCUT2D eigenvalue weighted by Gasteiger charge is -2.27. The van der Waals surface area contributed by atoms with Gasteiger partial charge in [0.25, 0.3) is 0 Å². The first kappa shape index (κ1) is 10.0. The van der Waals surface area contributed by atoms with E-state index in [2.05, 4.69) is 56.5 Å². The standard InChI is InChI=1S/C10H13IN2O/c1-13-4-5-14-10-6-8(7-12-11)2-3-9(10)13/h2-3,6,12H,4-5,7H2,1H3. The van der Waals surface area contributed by atoms with Gasteiger partial charge in [0.15, 0.2) is 0 Å². The van der Waals surface area contributed by atoms with Crippen molar-refractivity contribution >= 4 is 28.6 Å². The van der Waals surface area contributed by atoms with Crippen molar-refractivity contribution in [3.63, 3.8) is 0 Å². The van der Waals surface area contributed by atoms with Gasteiger partial charge >= 0.3 is 0 Å². The summed E-state index contributed by atoms with van der Waals surface area (Å²) in [5.74, 6) is 1.00. The van der Waals surface area contributed by atoms with Gasteiger partial charge in [-0.1, -0.05) is 6.07 Å². The summed E-state index contributed by atoms with van der Waals surface area (Å²) in [7, 11) is 2.09. The zero-order valence-corrected chi connectivity index (χ0v) is 10.2. The molecule has 0 bridgehead atoms. The molecule has 1 N–H and O–H groups in total. The second kappa shape index (κ2) is 4.35. The number of ether oxygens (including phenoxy) is 1. The van der Waals surface area contributed by atoms with E-state index in [1.165, 1.54) is 11.3 Å². The smallest absolute Gasteiger partial charge is 0.143 e. The van der Waals surface area contributed by atoms with Crippen LogP contribution in [0.5, 0.6) is 5.75 Å². The van der Waals surface area contributed by atoms with Gasteiger partial charge in [-0.25, -0.2) is 0 Å². The van der Waals surface area contributed by atoms with E-state index < -0.39 is 0 Å². The molecule has 14 heavy (non-hydrogen) atoms. The zero-order valence-electron chi connectivity index (χ0n) is 8.09. The molecule has 1 aromatic carbocycles. The molecule has 0 spiro atoms. The van der Waals surface area contributed by atoms with E-state index in [9.17, 15) is 0 Å². The first-order valence-corrected chi connectivity index (χ1v) is 5.69. The van der Waals surface area contributed by atoms with Crippen molar-refractivity contribution in [1.29, 1.82) is 0 Å². The Balaban J connectivity index is 2.29. The number of fused-ring (bicyclic) bond motifs is 1. The average molecular weight is 304 g/mol. The van der Waals surface area contributed by atoms with Crippen LogP contribution in [0.15, 0.2) is 18.2 Å². The van der Waals surface area contributed by atoms with Crippen molar-refractivity contribution in [3.8, 4) is 5.75 Å². The fraction of sp³-hybridized carbons (Fsp3) is 0.400. The van der Waals surface area contributed by atoms with Crippen molar-refractivity contribution in [1.82, 2.24) is 3.53 Å². The van der Waals surface area contributed by atoms with Crippen LogP contribution in [0.4, 0.5) is 5.69 Å². The third-order valence-corrected chi connectivity index (χ3v) is 2.77. The van der Waals surface area contributed by atoms with Gasteiger partial charge in [-0.15, -0.1) is 0 Å². The highest BCUT2D eigenvalue weighted by Gasteiger charge is 2.14. The highest BCUT2D eigenvalue weighted by molar-refractivity contribution is 14.1. The Morgan fingerprint density at radius 1 is 1.57 bits per heavy atom. The van der Waals surface area contributed by atoms with E-state index >= 15 is 0 Å². The van der Waals surface area contributed by atoms with Gasteiger partial charge in [-0.2, -0.15) is 0 Å². The van der Waals surface area contributed by atoms with Gasteiger partial charge in [0.1, 0.15) is 12.4 Å². The summed E-state index contributed by atoms with van der Waals surface area (Å²) in [5.41, 5.74) is 2.45. The average Bonchev–Trinajstić information content (AvgIpc) is 2.18. The second-order valence-corrected chi connectivity index (χ2v) is 4.15. The number of rotatable bonds is 2. The highest BCUT2D eigenvalue weighted by atomic mass is 127. The van der Waals surface area contributed by atoms with Gasteiger partial charge in [0, 0.05) is 36.5 Å². The SMILES string of the molecule is CN1CCOc2cc(CNI)ccc21. The van der Waals surface area contributed by atoms with Crippen LogP contribution >= 0.6 is 22.9 Å². The van der Waals surface area contributed by atoms with E-state index in [1.54, 1.807) is 0 Å². The molecule has 76 valence electrons. The number of nitrogens with one attached hydrogen (secondary N) is 1. The highest BCUT2D eigenvalue weighted by Crippen LogP contribution is 2.31. The van der Waals surface area contributed by atoms with Crippen molar-refractivity contribution in [2.45, 2.75) is 6.54 Å². The van der Waals surface area contributed by atoms with E-state index in [1.807, 2.05) is 0 Å². The fourth-order valence-corrected chi connectivity index (χ4v) is 2.03. The van der Waals surface area contributed by atoms with Gasteiger partial charge in [0.05, 0.1) is 12.2 Å². The second-order valence-electron chi connectivity index (χ2n) is 3.38. The van der Waals surface area contributed by atoms with E-state index in [4.69, 9.17) is 4.74 Å². The van der Waals surface area contributed by atoms with Gasteiger partial charge in [-0.05, 0) is 17.7 Å². The molecule has 0 saturated carbocycles. The van der Waals surface area contributed by atoms with E-state index in [-0.39, 0.29) is 0 Å². The number of anilines is 1. The zero-order chi connectivity index (χ0) is 9.97. The minimum atomic E-state index is 0.782. The van der Waals surface area contributed by atoms with Crippen LogP contribution in [-0.4, -0.2) is 20.2 Å². The molecule has 0 atom stereocenters. The summed E-state index contributed by atoms with van der Waals surface area (Å²) in [6.07, 6.45) is 0. The Kier molecular flexibility index (Phi) is 3.12. The normalized spacial score (nSPS) is 14.9. The molecule has 0 unspecified atom stereocenters. The Morgan fingerprint density at radius 2 is 2.43 bits per heavy atom. The van der Waals surface area contributed by atoms with Crippen LogP contribution in [0.2, 0.25) is 0 Å². The maximum absolute atomic E-state index is 5.61. The van der Waals surface area contributed by atoms with E-state index in [0.29, 0.717) is 0 Å². The summed E-state index contributed by atoms with van der Waals surface area (Å²) in [5, 5.41) is 0. The first-order valence-electron chi connectivity index (χ1n) is 4.61.